The molecule has 2 aromatic carbocycles. The zero-order chi connectivity index (χ0) is 19.7. The summed E-state index contributed by atoms with van der Waals surface area (Å²) in [5.41, 5.74) is 1.03. The third-order valence-electron chi connectivity index (χ3n) is 4.12. The first-order valence-electron chi connectivity index (χ1n) is 8.19. The number of nitriles is 1. The number of hydrogen-bond donors (Lipinski definition) is 2. The van der Waals surface area contributed by atoms with E-state index >= 15 is 0 Å². The van der Waals surface area contributed by atoms with Crippen molar-refractivity contribution in [1.82, 2.24) is 0 Å². The van der Waals surface area contributed by atoms with E-state index in [1.54, 1.807) is 30.3 Å². The van der Waals surface area contributed by atoms with Gasteiger partial charge in [-0.25, -0.2) is 9.89 Å². The van der Waals surface area contributed by atoms with Crippen LogP contribution in [0, 0.1) is 17.2 Å². The van der Waals surface area contributed by atoms with Crippen LogP contribution in [0.15, 0.2) is 41.4 Å². The first-order chi connectivity index (χ1) is 12.8. The van der Waals surface area contributed by atoms with E-state index < -0.39 is 6.04 Å². The number of aliphatic imine (C=N–C) groups is 1. The molecule has 6 nitrogen and oxygen atoms in total. The number of benzene rings is 2. The van der Waals surface area contributed by atoms with Crippen LogP contribution in [0.3, 0.4) is 0 Å². The van der Waals surface area contributed by atoms with Gasteiger partial charge in [0.15, 0.2) is 0 Å². The van der Waals surface area contributed by atoms with Crippen LogP contribution < -0.4 is 10.2 Å². The van der Waals surface area contributed by atoms with E-state index in [1.165, 1.54) is 11.0 Å². The van der Waals surface area contributed by atoms with E-state index in [1.807, 2.05) is 19.9 Å². The Morgan fingerprint density at radius 1 is 1.30 bits per heavy atom. The van der Waals surface area contributed by atoms with Gasteiger partial charge in [-0.2, -0.15) is 5.26 Å². The summed E-state index contributed by atoms with van der Waals surface area (Å²) in [5, 5.41) is 22.6. The third kappa shape index (κ3) is 3.57. The quantitative estimate of drug-likeness (QED) is 0.743. The number of carbonyl (C=O) groups excluding carboxylic acids is 1. The number of nitrogens with one attached hydrogen (secondary N) is 1. The maximum Gasteiger partial charge on any atom is 0.259 e. The smallest absolute Gasteiger partial charge is 0.259 e. The molecule has 1 heterocycles. The minimum Gasteiger partial charge on any atom is -0.506 e. The largest absolute Gasteiger partial charge is 0.506 e. The molecular formula is C19H16Cl2N4O2. The molecule has 1 aliphatic rings. The molecule has 0 saturated carbocycles. The molecule has 2 aromatic rings. The predicted molar refractivity (Wildman–Crippen MR) is 106 cm³/mol. The highest BCUT2D eigenvalue weighted by atomic mass is 35.5. The Labute approximate surface area is 166 Å². The second kappa shape index (κ2) is 7.47. The molecule has 0 aliphatic carbocycles. The Morgan fingerprint density at radius 3 is 2.67 bits per heavy atom. The number of anilines is 2. The number of halogens is 2. The zero-order valence-electron chi connectivity index (χ0n) is 14.6. The zero-order valence-corrected chi connectivity index (χ0v) is 16.1. The molecule has 3 rings (SSSR count). The summed E-state index contributed by atoms with van der Waals surface area (Å²) < 4.78 is 0. The average Bonchev–Trinajstić information content (AvgIpc) is 2.95. The Balaban J connectivity index is 2.04. The lowest BCUT2D eigenvalue weighted by Crippen LogP contribution is -2.40. The SMILES string of the molecule is CC(C)[C@@H]1N=C(Nc2ccc(C#N)cc2O)N(c2cccc(Cl)c2Cl)C1=O. The van der Waals surface area contributed by atoms with Gasteiger partial charge in [-0.15, -0.1) is 0 Å². The molecule has 1 aliphatic heterocycles. The molecule has 0 fully saturated rings. The standard InChI is InChI=1S/C19H16Cl2N4O2/c1-10(2)17-18(27)25(14-5-3-4-12(20)16(14)21)19(24-17)23-13-7-6-11(9-22)8-15(13)26/h3-8,10,17,26H,1-2H3,(H,23,24)/t17-/m0/s1. The second-order valence-corrected chi connectivity index (χ2v) is 7.14. The molecule has 2 N–H and O–H groups in total. The van der Waals surface area contributed by atoms with Crippen LogP contribution in [0.1, 0.15) is 19.4 Å². The lowest BCUT2D eigenvalue weighted by molar-refractivity contribution is -0.118. The van der Waals surface area contributed by atoms with Gasteiger partial charge in [-0.3, -0.25) is 4.79 Å². The summed E-state index contributed by atoms with van der Waals surface area (Å²) in [6, 6.07) is 10.8. The molecule has 0 saturated heterocycles. The van der Waals surface area contributed by atoms with Crippen LogP contribution in [-0.4, -0.2) is 23.0 Å². The molecule has 1 atom stereocenters. The highest BCUT2D eigenvalue weighted by Gasteiger charge is 2.38. The van der Waals surface area contributed by atoms with E-state index in [2.05, 4.69) is 10.3 Å². The van der Waals surface area contributed by atoms with E-state index in [-0.39, 0.29) is 28.6 Å². The number of nitrogens with zero attached hydrogens (tertiary/aromatic N) is 3. The Kier molecular flexibility index (Phi) is 5.26. The number of aromatic hydroxyl groups is 1. The van der Waals surface area contributed by atoms with Gasteiger partial charge in [-0.1, -0.05) is 43.1 Å². The molecule has 1 amide bonds. The molecular weight excluding hydrogens is 387 g/mol. The summed E-state index contributed by atoms with van der Waals surface area (Å²) in [6.45, 7) is 3.79. The fraction of sp³-hybridized carbons (Fsp3) is 0.211. The van der Waals surface area contributed by atoms with Gasteiger partial charge in [0, 0.05) is 0 Å². The van der Waals surface area contributed by atoms with E-state index in [0.717, 1.165) is 0 Å². The molecule has 27 heavy (non-hydrogen) atoms. The van der Waals surface area contributed by atoms with Crippen molar-refractivity contribution in [2.24, 2.45) is 10.9 Å². The average molecular weight is 403 g/mol. The minimum absolute atomic E-state index is 0.0354. The van der Waals surface area contributed by atoms with Gasteiger partial charge < -0.3 is 10.4 Å². The van der Waals surface area contributed by atoms with Crippen molar-refractivity contribution in [2.75, 3.05) is 10.2 Å². The van der Waals surface area contributed by atoms with Crippen molar-refractivity contribution in [3.63, 3.8) is 0 Å². The summed E-state index contributed by atoms with van der Waals surface area (Å²) >= 11 is 12.4. The van der Waals surface area contributed by atoms with Crippen LogP contribution >= 0.6 is 23.2 Å². The summed E-state index contributed by atoms with van der Waals surface area (Å²) in [5.74, 6) is -0.186. The minimum atomic E-state index is -0.594. The van der Waals surface area contributed by atoms with Crippen molar-refractivity contribution in [3.8, 4) is 11.8 Å². The Bertz CT molecular complexity index is 982. The third-order valence-corrected chi connectivity index (χ3v) is 4.93. The molecule has 8 heteroatoms. The molecule has 0 bridgehead atoms. The van der Waals surface area contributed by atoms with E-state index in [4.69, 9.17) is 28.5 Å². The Morgan fingerprint density at radius 2 is 2.04 bits per heavy atom. The lowest BCUT2D eigenvalue weighted by atomic mass is 10.0. The maximum absolute atomic E-state index is 13.0. The number of amides is 1. The number of phenolic OH excluding ortho intramolecular Hbond substituents is 1. The van der Waals surface area contributed by atoms with Gasteiger partial charge >= 0.3 is 0 Å². The first kappa shape index (κ1) is 19.0. The van der Waals surface area contributed by atoms with Crippen LogP contribution in [0.25, 0.3) is 0 Å². The predicted octanol–water partition coefficient (Wildman–Crippen LogP) is 4.41. The summed E-state index contributed by atoms with van der Waals surface area (Å²) in [4.78, 5) is 18.8. The summed E-state index contributed by atoms with van der Waals surface area (Å²) in [7, 11) is 0. The van der Waals surface area contributed by atoms with Crippen molar-refractivity contribution in [3.05, 3.63) is 52.0 Å². The fourth-order valence-electron chi connectivity index (χ4n) is 2.73. The number of guanidine groups is 1. The van der Waals surface area contributed by atoms with Gasteiger partial charge in [0.1, 0.15) is 11.8 Å². The van der Waals surface area contributed by atoms with Crippen molar-refractivity contribution >= 4 is 46.4 Å². The van der Waals surface area contributed by atoms with Gasteiger partial charge in [0.05, 0.1) is 33.1 Å². The highest BCUT2D eigenvalue weighted by Crippen LogP contribution is 2.36. The number of hydrogen-bond acceptors (Lipinski definition) is 5. The second-order valence-electron chi connectivity index (χ2n) is 6.36. The summed E-state index contributed by atoms with van der Waals surface area (Å²) in [6.07, 6.45) is 0. The molecule has 138 valence electrons. The normalized spacial score (nSPS) is 16.4. The van der Waals surface area contributed by atoms with Crippen LogP contribution in [0.2, 0.25) is 10.0 Å². The maximum atomic E-state index is 13.0. The fourth-order valence-corrected chi connectivity index (χ4v) is 3.11. The molecule has 0 radical (unpaired) electrons. The topological polar surface area (TPSA) is 88.7 Å². The first-order valence-corrected chi connectivity index (χ1v) is 8.95. The van der Waals surface area contributed by atoms with Crippen LogP contribution in [0.4, 0.5) is 11.4 Å². The highest BCUT2D eigenvalue weighted by molar-refractivity contribution is 6.45. The number of carbonyl (C=O) groups is 1. The monoisotopic (exact) mass is 402 g/mol. The molecule has 0 unspecified atom stereocenters. The van der Waals surface area contributed by atoms with Crippen LogP contribution in [-0.2, 0) is 4.79 Å². The van der Waals surface area contributed by atoms with E-state index in [0.29, 0.717) is 22.0 Å². The van der Waals surface area contributed by atoms with Crippen molar-refractivity contribution in [2.45, 2.75) is 19.9 Å². The lowest BCUT2D eigenvalue weighted by Gasteiger charge is -2.22. The number of rotatable bonds is 3. The van der Waals surface area contributed by atoms with E-state index in [9.17, 15) is 9.90 Å². The van der Waals surface area contributed by atoms with Gasteiger partial charge in [0.2, 0.25) is 5.96 Å². The molecule has 0 aromatic heterocycles. The Hall–Kier alpha value is -2.75. The van der Waals surface area contributed by atoms with Crippen molar-refractivity contribution < 1.29 is 9.90 Å². The van der Waals surface area contributed by atoms with Crippen molar-refractivity contribution in [1.29, 1.82) is 5.26 Å². The number of phenols is 1. The molecule has 0 spiro atoms. The van der Waals surface area contributed by atoms with Gasteiger partial charge in [0.25, 0.3) is 5.91 Å². The van der Waals surface area contributed by atoms with Crippen LogP contribution in [0.5, 0.6) is 5.75 Å². The van der Waals surface area contributed by atoms with Gasteiger partial charge in [-0.05, 0) is 36.2 Å².